The van der Waals surface area contributed by atoms with Crippen molar-refractivity contribution in [2.75, 3.05) is 6.54 Å². The first-order chi connectivity index (χ1) is 9.84. The average molecular weight is 270 g/mol. The number of hydrogen-bond acceptors (Lipinski definition) is 2. The van der Waals surface area contributed by atoms with Crippen molar-refractivity contribution < 1.29 is 0 Å². The van der Waals surface area contributed by atoms with Crippen molar-refractivity contribution in [3.05, 3.63) is 35.4 Å². The number of nitrogens with zero attached hydrogens (tertiary/aromatic N) is 1. The van der Waals surface area contributed by atoms with Gasteiger partial charge < -0.3 is 5.73 Å². The molecule has 3 unspecified atom stereocenters. The first kappa shape index (κ1) is 12.8. The third-order valence-corrected chi connectivity index (χ3v) is 5.92. The predicted molar refractivity (Wildman–Crippen MR) is 82.4 cm³/mol. The van der Waals surface area contributed by atoms with Crippen LogP contribution in [0.25, 0.3) is 0 Å². The van der Waals surface area contributed by atoms with Crippen LogP contribution in [0.3, 0.4) is 0 Å². The van der Waals surface area contributed by atoms with Gasteiger partial charge in [-0.3, -0.25) is 4.90 Å². The Balaban J connectivity index is 1.61. The molecule has 3 atom stereocenters. The van der Waals surface area contributed by atoms with E-state index in [4.69, 9.17) is 5.73 Å². The van der Waals surface area contributed by atoms with E-state index in [-0.39, 0.29) is 6.04 Å². The monoisotopic (exact) mass is 270 g/mol. The Bertz CT molecular complexity index is 478. The van der Waals surface area contributed by atoms with Gasteiger partial charge in [-0.2, -0.15) is 0 Å². The summed E-state index contributed by atoms with van der Waals surface area (Å²) in [5, 5.41) is 0. The normalized spacial score (nSPS) is 34.8. The van der Waals surface area contributed by atoms with Crippen LogP contribution in [0.2, 0.25) is 0 Å². The van der Waals surface area contributed by atoms with Gasteiger partial charge in [-0.05, 0) is 55.7 Å². The summed E-state index contributed by atoms with van der Waals surface area (Å²) in [7, 11) is 0. The van der Waals surface area contributed by atoms with E-state index in [0.717, 1.165) is 18.4 Å². The third-order valence-electron chi connectivity index (χ3n) is 5.92. The highest BCUT2D eigenvalue weighted by Crippen LogP contribution is 2.46. The molecule has 2 heteroatoms. The summed E-state index contributed by atoms with van der Waals surface area (Å²) in [4.78, 5) is 2.82. The van der Waals surface area contributed by atoms with Crippen molar-refractivity contribution in [3.8, 4) is 0 Å². The Hall–Kier alpha value is -0.860. The van der Waals surface area contributed by atoms with Crippen molar-refractivity contribution in [2.45, 2.75) is 63.1 Å². The minimum Gasteiger partial charge on any atom is -0.324 e. The lowest BCUT2D eigenvalue weighted by Gasteiger charge is -2.34. The van der Waals surface area contributed by atoms with E-state index in [2.05, 4.69) is 29.2 Å². The van der Waals surface area contributed by atoms with Crippen molar-refractivity contribution >= 4 is 0 Å². The smallest absolute Gasteiger partial charge is 0.0372 e. The number of nitrogens with two attached hydrogens (primary N) is 1. The molecular weight excluding hydrogens is 244 g/mol. The van der Waals surface area contributed by atoms with Crippen LogP contribution in [0.15, 0.2) is 24.3 Å². The first-order valence-electron chi connectivity index (χ1n) is 8.45. The Morgan fingerprint density at radius 3 is 2.50 bits per heavy atom. The molecule has 1 aromatic carbocycles. The number of benzene rings is 1. The number of fused-ring (bicyclic) bond motifs is 1. The third kappa shape index (κ3) is 2.01. The lowest BCUT2D eigenvalue weighted by Crippen LogP contribution is -2.37. The maximum atomic E-state index is 6.38. The van der Waals surface area contributed by atoms with Gasteiger partial charge in [-0.15, -0.1) is 0 Å². The zero-order chi connectivity index (χ0) is 13.5. The summed E-state index contributed by atoms with van der Waals surface area (Å²) in [5.41, 5.74) is 9.29. The van der Waals surface area contributed by atoms with Gasteiger partial charge in [0.15, 0.2) is 0 Å². The van der Waals surface area contributed by atoms with E-state index < -0.39 is 0 Å². The van der Waals surface area contributed by atoms with Gasteiger partial charge in [-0.1, -0.05) is 37.1 Å². The highest BCUT2D eigenvalue weighted by Gasteiger charge is 2.41. The van der Waals surface area contributed by atoms with E-state index in [1.807, 2.05) is 0 Å². The van der Waals surface area contributed by atoms with Crippen LogP contribution in [0.1, 0.15) is 68.2 Å². The zero-order valence-electron chi connectivity index (χ0n) is 12.3. The number of rotatable bonds is 2. The number of likely N-dealkylation sites (tertiary alicyclic amines) is 1. The highest BCUT2D eigenvalue weighted by atomic mass is 15.2. The lowest BCUT2D eigenvalue weighted by molar-refractivity contribution is 0.131. The molecule has 1 aliphatic heterocycles. The van der Waals surface area contributed by atoms with Crippen LogP contribution in [0.5, 0.6) is 0 Å². The molecule has 0 amide bonds. The van der Waals surface area contributed by atoms with Gasteiger partial charge in [0.1, 0.15) is 0 Å². The minimum atomic E-state index is 0.251. The summed E-state index contributed by atoms with van der Waals surface area (Å²) in [5.74, 6) is 0.960. The molecule has 0 aromatic heterocycles. The van der Waals surface area contributed by atoms with Crippen molar-refractivity contribution in [1.29, 1.82) is 0 Å². The van der Waals surface area contributed by atoms with Crippen LogP contribution >= 0.6 is 0 Å². The molecule has 0 radical (unpaired) electrons. The first-order valence-corrected chi connectivity index (χ1v) is 8.45. The fourth-order valence-corrected chi connectivity index (χ4v) is 5.01. The Morgan fingerprint density at radius 2 is 1.70 bits per heavy atom. The van der Waals surface area contributed by atoms with Crippen LogP contribution in [0, 0.1) is 5.92 Å². The molecule has 1 heterocycles. The molecule has 1 aromatic rings. The molecule has 0 bridgehead atoms. The average Bonchev–Trinajstić information content (AvgIpc) is 3.17. The second-order valence-electron chi connectivity index (χ2n) is 6.98. The maximum Gasteiger partial charge on any atom is 0.0372 e. The summed E-state index contributed by atoms with van der Waals surface area (Å²) in [6.07, 6.45) is 9.75. The molecular formula is C18H26N2. The van der Waals surface area contributed by atoms with Crippen LogP contribution in [-0.4, -0.2) is 17.5 Å². The van der Waals surface area contributed by atoms with Gasteiger partial charge in [-0.25, -0.2) is 0 Å². The minimum absolute atomic E-state index is 0.251. The highest BCUT2D eigenvalue weighted by molar-refractivity contribution is 5.37. The van der Waals surface area contributed by atoms with Crippen LogP contribution < -0.4 is 5.73 Å². The topological polar surface area (TPSA) is 29.3 Å². The molecule has 4 rings (SSSR count). The van der Waals surface area contributed by atoms with E-state index in [9.17, 15) is 0 Å². The fourth-order valence-electron chi connectivity index (χ4n) is 5.01. The van der Waals surface area contributed by atoms with Crippen molar-refractivity contribution in [2.24, 2.45) is 11.7 Å². The van der Waals surface area contributed by atoms with Gasteiger partial charge in [0.25, 0.3) is 0 Å². The summed E-state index contributed by atoms with van der Waals surface area (Å²) >= 11 is 0. The lowest BCUT2D eigenvalue weighted by atomic mass is 9.94. The molecule has 0 spiro atoms. The second kappa shape index (κ2) is 5.16. The van der Waals surface area contributed by atoms with Crippen LogP contribution in [-0.2, 0) is 0 Å². The molecule has 2 aliphatic carbocycles. The molecule has 2 fully saturated rings. The molecule has 3 aliphatic rings. The van der Waals surface area contributed by atoms with Gasteiger partial charge in [0.2, 0.25) is 0 Å². The number of hydrogen-bond donors (Lipinski definition) is 1. The Morgan fingerprint density at radius 1 is 0.950 bits per heavy atom. The maximum absolute atomic E-state index is 6.38. The summed E-state index contributed by atoms with van der Waals surface area (Å²) in [6.45, 7) is 1.28. The van der Waals surface area contributed by atoms with Crippen molar-refractivity contribution in [3.63, 3.8) is 0 Å². The van der Waals surface area contributed by atoms with Gasteiger partial charge in [0, 0.05) is 18.1 Å². The summed E-state index contributed by atoms with van der Waals surface area (Å²) in [6, 6.07) is 10.6. The standard InChI is InChI=1S/C18H26N2/c19-16-12-18(15-9-4-3-8-14(15)16)20-11-5-10-17(20)13-6-1-2-7-13/h3-4,8-9,13,16-18H,1-2,5-7,10-12,19H2. The van der Waals surface area contributed by atoms with Gasteiger partial charge in [0.05, 0.1) is 0 Å². The largest absolute Gasteiger partial charge is 0.324 e. The molecule has 1 saturated heterocycles. The van der Waals surface area contributed by atoms with E-state index in [1.165, 1.54) is 56.2 Å². The zero-order valence-corrected chi connectivity index (χ0v) is 12.3. The van der Waals surface area contributed by atoms with E-state index >= 15 is 0 Å². The molecule has 2 N–H and O–H groups in total. The summed E-state index contributed by atoms with van der Waals surface area (Å²) < 4.78 is 0. The predicted octanol–water partition coefficient (Wildman–Crippen LogP) is 3.79. The van der Waals surface area contributed by atoms with Crippen molar-refractivity contribution in [1.82, 2.24) is 4.90 Å². The van der Waals surface area contributed by atoms with E-state index in [1.54, 1.807) is 0 Å². The van der Waals surface area contributed by atoms with Crippen LogP contribution in [0.4, 0.5) is 0 Å². The molecule has 108 valence electrons. The Kier molecular flexibility index (Phi) is 3.31. The van der Waals surface area contributed by atoms with Gasteiger partial charge >= 0.3 is 0 Å². The molecule has 2 nitrogen and oxygen atoms in total. The Labute approximate surface area is 122 Å². The SMILES string of the molecule is NC1CC(N2CCCC2C2CCCC2)c2ccccc21. The second-order valence-corrected chi connectivity index (χ2v) is 6.98. The van der Waals surface area contributed by atoms with E-state index in [0.29, 0.717) is 6.04 Å². The molecule has 1 saturated carbocycles. The quantitative estimate of drug-likeness (QED) is 0.886. The molecule has 20 heavy (non-hydrogen) atoms. The fraction of sp³-hybridized carbons (Fsp3) is 0.667.